The first kappa shape index (κ1) is 19.6. The summed E-state index contributed by atoms with van der Waals surface area (Å²) in [6, 6.07) is 8.12. The molecule has 2 atom stereocenters. The van der Waals surface area contributed by atoms with E-state index >= 15 is 0 Å². The minimum atomic E-state index is -0.652. The number of carbonyl (C=O) groups excluding carboxylic acids is 1. The van der Waals surface area contributed by atoms with Crippen LogP contribution in [0.5, 0.6) is 0 Å². The highest BCUT2D eigenvalue weighted by atomic mass is 16.6. The molecule has 8 nitrogen and oxygen atoms in total. The van der Waals surface area contributed by atoms with Crippen molar-refractivity contribution in [3.63, 3.8) is 0 Å². The summed E-state index contributed by atoms with van der Waals surface area (Å²) in [7, 11) is 0. The van der Waals surface area contributed by atoms with Gasteiger partial charge in [-0.15, -0.1) is 0 Å². The van der Waals surface area contributed by atoms with Gasteiger partial charge in [0.2, 0.25) is 0 Å². The second-order valence-electron chi connectivity index (χ2n) is 6.69. The zero-order chi connectivity index (χ0) is 20.1. The number of nitrogens with one attached hydrogen (secondary N) is 2. The first-order valence-electron chi connectivity index (χ1n) is 9.04. The number of aromatic nitrogens is 2. The highest BCUT2D eigenvalue weighted by molar-refractivity contribution is 5.67. The summed E-state index contributed by atoms with van der Waals surface area (Å²) in [6.45, 7) is 4.13. The monoisotopic (exact) mass is 385 g/mol. The summed E-state index contributed by atoms with van der Waals surface area (Å²) < 4.78 is 12.1. The first-order valence-corrected chi connectivity index (χ1v) is 9.04. The SMILES string of the molecule is Cc1ccc(CCNC(=O)OC[C@@H]2C=C[C@H](n3cc(C)c(=O)[nH]c3=O)O2)cc1. The van der Waals surface area contributed by atoms with Gasteiger partial charge < -0.3 is 14.8 Å². The molecule has 0 unspecified atom stereocenters. The number of rotatable bonds is 6. The summed E-state index contributed by atoms with van der Waals surface area (Å²) >= 11 is 0. The van der Waals surface area contributed by atoms with Crippen molar-refractivity contribution in [1.29, 1.82) is 0 Å². The Kier molecular flexibility index (Phi) is 6.10. The van der Waals surface area contributed by atoms with Gasteiger partial charge in [0.15, 0.2) is 6.23 Å². The average molecular weight is 385 g/mol. The van der Waals surface area contributed by atoms with E-state index < -0.39 is 29.7 Å². The molecule has 0 spiro atoms. The van der Waals surface area contributed by atoms with Crippen molar-refractivity contribution in [3.05, 3.63) is 80.1 Å². The Balaban J connectivity index is 1.42. The van der Waals surface area contributed by atoms with Crippen molar-refractivity contribution < 1.29 is 14.3 Å². The Morgan fingerprint density at radius 2 is 1.96 bits per heavy atom. The molecule has 3 rings (SSSR count). The van der Waals surface area contributed by atoms with Gasteiger partial charge in [-0.3, -0.25) is 14.3 Å². The fourth-order valence-electron chi connectivity index (χ4n) is 2.79. The third-order valence-electron chi connectivity index (χ3n) is 4.41. The molecule has 0 saturated heterocycles. The lowest BCUT2D eigenvalue weighted by Crippen LogP contribution is -2.34. The van der Waals surface area contributed by atoms with Gasteiger partial charge >= 0.3 is 11.8 Å². The van der Waals surface area contributed by atoms with E-state index in [4.69, 9.17) is 9.47 Å². The number of H-pyrrole nitrogens is 1. The number of hydrogen-bond donors (Lipinski definition) is 2. The summed E-state index contributed by atoms with van der Waals surface area (Å²) in [4.78, 5) is 37.4. The zero-order valence-corrected chi connectivity index (χ0v) is 15.8. The van der Waals surface area contributed by atoms with Crippen molar-refractivity contribution >= 4 is 6.09 Å². The molecule has 0 fully saturated rings. The van der Waals surface area contributed by atoms with Crippen LogP contribution < -0.4 is 16.6 Å². The van der Waals surface area contributed by atoms with Crippen LogP contribution in [0, 0.1) is 13.8 Å². The molecule has 0 bridgehead atoms. The van der Waals surface area contributed by atoms with E-state index in [0.717, 1.165) is 5.56 Å². The lowest BCUT2D eigenvalue weighted by molar-refractivity contribution is -0.0149. The number of carbonyl (C=O) groups is 1. The molecule has 1 aliphatic heterocycles. The number of ether oxygens (including phenoxy) is 2. The van der Waals surface area contributed by atoms with Gasteiger partial charge in [-0.05, 0) is 31.9 Å². The van der Waals surface area contributed by atoms with Crippen LogP contribution >= 0.6 is 0 Å². The molecule has 2 N–H and O–H groups in total. The van der Waals surface area contributed by atoms with Crippen LogP contribution in [-0.2, 0) is 15.9 Å². The minimum Gasteiger partial charge on any atom is -0.446 e. The van der Waals surface area contributed by atoms with Crippen molar-refractivity contribution in [1.82, 2.24) is 14.9 Å². The van der Waals surface area contributed by atoms with E-state index in [1.54, 1.807) is 19.1 Å². The van der Waals surface area contributed by atoms with E-state index in [2.05, 4.69) is 10.3 Å². The van der Waals surface area contributed by atoms with Crippen LogP contribution in [0.4, 0.5) is 4.79 Å². The van der Waals surface area contributed by atoms with E-state index in [-0.39, 0.29) is 6.61 Å². The topological polar surface area (TPSA) is 102 Å². The van der Waals surface area contributed by atoms with Crippen LogP contribution in [0.2, 0.25) is 0 Å². The van der Waals surface area contributed by atoms with Crippen LogP contribution in [0.3, 0.4) is 0 Å². The van der Waals surface area contributed by atoms with E-state index in [9.17, 15) is 14.4 Å². The Labute approximate surface area is 161 Å². The van der Waals surface area contributed by atoms with Crippen molar-refractivity contribution in [3.8, 4) is 0 Å². The van der Waals surface area contributed by atoms with Crippen LogP contribution in [0.15, 0.2) is 52.2 Å². The maximum absolute atomic E-state index is 11.9. The number of alkyl carbamates (subject to hydrolysis) is 1. The highest BCUT2D eigenvalue weighted by Crippen LogP contribution is 2.19. The minimum absolute atomic E-state index is 0.0282. The molecule has 28 heavy (non-hydrogen) atoms. The first-order chi connectivity index (χ1) is 13.4. The summed E-state index contributed by atoms with van der Waals surface area (Å²) in [5.41, 5.74) is 1.76. The highest BCUT2D eigenvalue weighted by Gasteiger charge is 2.23. The molecule has 1 aliphatic rings. The maximum Gasteiger partial charge on any atom is 0.407 e. The normalized spacial score (nSPS) is 18.2. The van der Waals surface area contributed by atoms with E-state index in [1.165, 1.54) is 16.3 Å². The van der Waals surface area contributed by atoms with E-state index in [1.807, 2.05) is 31.2 Å². The second-order valence-corrected chi connectivity index (χ2v) is 6.69. The third kappa shape index (κ3) is 4.98. The van der Waals surface area contributed by atoms with Crippen LogP contribution in [-0.4, -0.2) is 34.9 Å². The smallest absolute Gasteiger partial charge is 0.407 e. The number of aromatic amines is 1. The standard InChI is InChI=1S/C20H23N3O5/c1-13-3-5-15(6-4-13)9-10-21-20(26)27-12-16-7-8-17(28-16)23-11-14(2)18(24)22-19(23)25/h3-8,11,16-17H,9-10,12H2,1-2H3,(H,21,26)(H,22,24,25)/t16-,17+/m0/s1. The number of aryl methyl sites for hydroxylation is 2. The Morgan fingerprint density at radius 1 is 1.21 bits per heavy atom. The Morgan fingerprint density at radius 3 is 2.71 bits per heavy atom. The van der Waals surface area contributed by atoms with Gasteiger partial charge in [0.1, 0.15) is 12.7 Å². The van der Waals surface area contributed by atoms with Crippen molar-refractivity contribution in [2.24, 2.45) is 0 Å². The number of amides is 1. The fourth-order valence-corrected chi connectivity index (χ4v) is 2.79. The lowest BCUT2D eigenvalue weighted by atomic mass is 10.1. The van der Waals surface area contributed by atoms with Crippen LogP contribution in [0.1, 0.15) is 22.9 Å². The molecular formula is C20H23N3O5. The number of hydrogen-bond acceptors (Lipinski definition) is 5. The van der Waals surface area contributed by atoms with Gasteiger partial charge in [-0.2, -0.15) is 0 Å². The maximum atomic E-state index is 11.9. The largest absolute Gasteiger partial charge is 0.446 e. The van der Waals surface area contributed by atoms with Gasteiger partial charge in [-0.25, -0.2) is 9.59 Å². The average Bonchev–Trinajstić information content (AvgIpc) is 3.13. The fraction of sp³-hybridized carbons (Fsp3) is 0.350. The molecule has 0 radical (unpaired) electrons. The van der Waals surface area contributed by atoms with Crippen LogP contribution in [0.25, 0.3) is 0 Å². The van der Waals surface area contributed by atoms with Crippen molar-refractivity contribution in [2.45, 2.75) is 32.6 Å². The quantitative estimate of drug-likeness (QED) is 0.735. The molecule has 2 heterocycles. The Bertz CT molecular complexity index is 975. The molecule has 8 heteroatoms. The van der Waals surface area contributed by atoms with Crippen molar-refractivity contribution in [2.75, 3.05) is 13.2 Å². The molecule has 148 valence electrons. The lowest BCUT2D eigenvalue weighted by Gasteiger charge is -2.16. The molecular weight excluding hydrogens is 362 g/mol. The second kappa shape index (κ2) is 8.71. The van der Waals surface area contributed by atoms with Gasteiger partial charge in [-0.1, -0.05) is 35.9 Å². The molecule has 1 aromatic heterocycles. The summed E-state index contributed by atoms with van der Waals surface area (Å²) in [5.74, 6) is 0. The van der Waals surface area contributed by atoms with E-state index in [0.29, 0.717) is 18.5 Å². The summed E-state index contributed by atoms with van der Waals surface area (Å²) in [5, 5.41) is 2.70. The predicted octanol–water partition coefficient (Wildman–Crippen LogP) is 1.58. The molecule has 0 saturated carbocycles. The molecule has 0 aliphatic carbocycles. The van der Waals surface area contributed by atoms with Gasteiger partial charge in [0.25, 0.3) is 5.56 Å². The zero-order valence-electron chi connectivity index (χ0n) is 15.8. The molecule has 2 aromatic rings. The predicted molar refractivity (Wildman–Crippen MR) is 103 cm³/mol. The molecule has 1 amide bonds. The molecule has 1 aromatic carbocycles. The Hall–Kier alpha value is -3.13. The van der Waals surface area contributed by atoms with Gasteiger partial charge in [0.05, 0.1) is 0 Å². The number of benzene rings is 1. The third-order valence-corrected chi connectivity index (χ3v) is 4.41. The number of nitrogens with zero attached hydrogens (tertiary/aromatic N) is 1. The van der Waals surface area contributed by atoms with Gasteiger partial charge in [0, 0.05) is 18.3 Å². The summed E-state index contributed by atoms with van der Waals surface area (Å²) in [6.07, 6.45) is 3.92.